The largest absolute Gasteiger partial charge is 0.366 e. The van der Waals surface area contributed by atoms with Gasteiger partial charge in [-0.3, -0.25) is 4.79 Å². The Morgan fingerprint density at radius 3 is 2.62 bits per heavy atom. The van der Waals surface area contributed by atoms with Crippen molar-refractivity contribution in [2.45, 2.75) is 0 Å². The first-order chi connectivity index (χ1) is 6.77. The minimum atomic E-state index is -0.414. The van der Waals surface area contributed by atoms with Gasteiger partial charge in [-0.15, -0.1) is 36.2 Å². The van der Waals surface area contributed by atoms with Crippen LogP contribution in [0.5, 0.6) is 0 Å². The molecule has 1 aromatic heterocycles. The Labute approximate surface area is 110 Å². The number of aromatic nitrogens is 1. The molecular formula is C10H10Cl2N2OS. The van der Waals surface area contributed by atoms with Gasteiger partial charge in [-0.05, 0) is 12.1 Å². The van der Waals surface area contributed by atoms with Crippen LogP contribution in [0.3, 0.4) is 0 Å². The van der Waals surface area contributed by atoms with Gasteiger partial charge in [0.05, 0.1) is 0 Å². The summed E-state index contributed by atoms with van der Waals surface area (Å²) in [5.74, 6) is -0.414. The number of hydrogen-bond donors (Lipinski definition) is 1. The lowest BCUT2D eigenvalue weighted by Gasteiger charge is -1.98. The molecular weight excluding hydrogens is 267 g/mol. The molecule has 0 aliphatic carbocycles. The molecule has 0 saturated heterocycles. The number of nitrogens with zero attached hydrogens (tertiary/aromatic N) is 1. The molecule has 0 saturated carbocycles. The molecule has 86 valence electrons. The zero-order valence-corrected chi connectivity index (χ0v) is 10.6. The van der Waals surface area contributed by atoms with E-state index in [-0.39, 0.29) is 24.8 Å². The highest BCUT2D eigenvalue weighted by molar-refractivity contribution is 7.13. The minimum absolute atomic E-state index is 0. The van der Waals surface area contributed by atoms with E-state index in [1.165, 1.54) is 11.3 Å². The van der Waals surface area contributed by atoms with Gasteiger partial charge in [0.2, 0.25) is 5.91 Å². The van der Waals surface area contributed by atoms with Gasteiger partial charge in [0.25, 0.3) is 0 Å². The quantitative estimate of drug-likeness (QED) is 0.917. The molecule has 2 aromatic rings. The Morgan fingerprint density at radius 2 is 2.06 bits per heavy atom. The molecule has 1 aromatic carbocycles. The van der Waals surface area contributed by atoms with Gasteiger partial charge in [0.1, 0.15) is 5.01 Å². The second-order valence-electron chi connectivity index (χ2n) is 2.78. The van der Waals surface area contributed by atoms with Crippen LogP contribution in [0.25, 0.3) is 10.6 Å². The summed E-state index contributed by atoms with van der Waals surface area (Å²) in [6.07, 6.45) is 1.73. The smallest absolute Gasteiger partial charge is 0.248 e. The number of hydrogen-bond acceptors (Lipinski definition) is 3. The molecule has 16 heavy (non-hydrogen) atoms. The summed E-state index contributed by atoms with van der Waals surface area (Å²) in [5, 5.41) is 2.79. The molecule has 2 N–H and O–H groups in total. The summed E-state index contributed by atoms with van der Waals surface area (Å²) < 4.78 is 0. The van der Waals surface area contributed by atoms with E-state index in [0.29, 0.717) is 5.56 Å². The standard InChI is InChI=1S/C10H8N2OS.2ClH/c11-9(13)7-2-1-3-8(6-7)10-12-4-5-14-10;;/h1-6H,(H2,11,13);2*1H. The van der Waals surface area contributed by atoms with Crippen molar-refractivity contribution in [2.75, 3.05) is 0 Å². The number of amides is 1. The van der Waals surface area contributed by atoms with Crippen LogP contribution in [-0.4, -0.2) is 10.9 Å². The highest BCUT2D eigenvalue weighted by Crippen LogP contribution is 2.22. The number of thiazole rings is 1. The Bertz CT molecular complexity index is 460. The van der Waals surface area contributed by atoms with E-state index in [1.54, 1.807) is 24.4 Å². The molecule has 0 bridgehead atoms. The maximum atomic E-state index is 10.9. The number of nitrogens with two attached hydrogens (primary N) is 1. The molecule has 0 spiro atoms. The van der Waals surface area contributed by atoms with Gasteiger partial charge in [-0.1, -0.05) is 12.1 Å². The van der Waals surface area contributed by atoms with Gasteiger partial charge in [-0.2, -0.15) is 0 Å². The first-order valence-electron chi connectivity index (χ1n) is 4.07. The second-order valence-corrected chi connectivity index (χ2v) is 3.68. The van der Waals surface area contributed by atoms with Gasteiger partial charge >= 0.3 is 0 Å². The number of benzene rings is 1. The predicted octanol–water partition coefficient (Wildman–Crippen LogP) is 2.75. The SMILES string of the molecule is Cl.Cl.NC(=O)c1cccc(-c2nccs2)c1. The maximum Gasteiger partial charge on any atom is 0.248 e. The molecule has 3 nitrogen and oxygen atoms in total. The van der Waals surface area contributed by atoms with Crippen LogP contribution in [0.1, 0.15) is 10.4 Å². The van der Waals surface area contributed by atoms with Crippen molar-refractivity contribution >= 4 is 42.1 Å². The summed E-state index contributed by atoms with van der Waals surface area (Å²) in [6, 6.07) is 7.16. The fourth-order valence-corrected chi connectivity index (χ4v) is 1.81. The van der Waals surface area contributed by atoms with Crippen LogP contribution in [0.4, 0.5) is 0 Å². The molecule has 1 heterocycles. The van der Waals surface area contributed by atoms with Crippen molar-refractivity contribution < 1.29 is 4.79 Å². The number of carbonyl (C=O) groups is 1. The summed E-state index contributed by atoms with van der Waals surface area (Å²) in [6.45, 7) is 0. The molecule has 2 rings (SSSR count). The van der Waals surface area contributed by atoms with Crippen LogP contribution < -0.4 is 5.73 Å². The van der Waals surface area contributed by atoms with E-state index in [0.717, 1.165) is 10.6 Å². The topological polar surface area (TPSA) is 56.0 Å². The highest BCUT2D eigenvalue weighted by atomic mass is 35.5. The van der Waals surface area contributed by atoms with Crippen molar-refractivity contribution in [1.82, 2.24) is 4.98 Å². The monoisotopic (exact) mass is 276 g/mol. The molecule has 0 fully saturated rings. The molecule has 0 aliphatic rings. The molecule has 1 amide bonds. The minimum Gasteiger partial charge on any atom is -0.366 e. The third-order valence-corrected chi connectivity index (χ3v) is 2.65. The number of halogens is 2. The molecule has 6 heteroatoms. The summed E-state index contributed by atoms with van der Waals surface area (Å²) >= 11 is 1.53. The Balaban J connectivity index is 0.00000112. The van der Waals surface area contributed by atoms with Crippen molar-refractivity contribution in [3.63, 3.8) is 0 Å². The van der Waals surface area contributed by atoms with Crippen LogP contribution in [-0.2, 0) is 0 Å². The van der Waals surface area contributed by atoms with E-state index in [4.69, 9.17) is 5.73 Å². The van der Waals surface area contributed by atoms with Crippen LogP contribution in [0.2, 0.25) is 0 Å². The maximum absolute atomic E-state index is 10.9. The molecule has 0 atom stereocenters. The number of rotatable bonds is 2. The normalized spacial score (nSPS) is 8.75. The average Bonchev–Trinajstić information content (AvgIpc) is 2.71. The molecule has 0 radical (unpaired) electrons. The lowest BCUT2D eigenvalue weighted by molar-refractivity contribution is 0.100. The van der Waals surface area contributed by atoms with E-state index in [9.17, 15) is 4.79 Å². The van der Waals surface area contributed by atoms with E-state index in [1.807, 2.05) is 11.4 Å². The van der Waals surface area contributed by atoms with Crippen LogP contribution in [0, 0.1) is 0 Å². The predicted molar refractivity (Wildman–Crippen MR) is 70.6 cm³/mol. The third kappa shape index (κ3) is 3.20. The lowest BCUT2D eigenvalue weighted by atomic mass is 10.1. The van der Waals surface area contributed by atoms with E-state index >= 15 is 0 Å². The first kappa shape index (κ1) is 14.9. The zero-order valence-electron chi connectivity index (χ0n) is 8.12. The fraction of sp³-hybridized carbons (Fsp3) is 0. The fourth-order valence-electron chi connectivity index (χ4n) is 1.17. The van der Waals surface area contributed by atoms with Gasteiger partial charge in [0.15, 0.2) is 0 Å². The van der Waals surface area contributed by atoms with E-state index in [2.05, 4.69) is 4.98 Å². The van der Waals surface area contributed by atoms with Crippen LogP contribution >= 0.6 is 36.2 Å². The van der Waals surface area contributed by atoms with E-state index < -0.39 is 5.91 Å². The molecule has 0 aliphatic heterocycles. The van der Waals surface area contributed by atoms with Crippen LogP contribution in [0.15, 0.2) is 35.8 Å². The number of primary amides is 1. The van der Waals surface area contributed by atoms with Crippen molar-refractivity contribution in [1.29, 1.82) is 0 Å². The van der Waals surface area contributed by atoms with Gasteiger partial charge in [0, 0.05) is 22.7 Å². The molecule has 0 unspecified atom stereocenters. The van der Waals surface area contributed by atoms with Gasteiger partial charge in [-0.25, -0.2) is 4.98 Å². The zero-order chi connectivity index (χ0) is 9.97. The summed E-state index contributed by atoms with van der Waals surface area (Å²) in [4.78, 5) is 15.1. The van der Waals surface area contributed by atoms with Crippen molar-refractivity contribution in [3.05, 3.63) is 41.4 Å². The Hall–Kier alpha value is -1.10. The average molecular weight is 277 g/mol. The van der Waals surface area contributed by atoms with Crippen molar-refractivity contribution in [2.24, 2.45) is 5.73 Å². The first-order valence-corrected chi connectivity index (χ1v) is 4.95. The Kier molecular flexibility index (Phi) is 6.03. The number of carbonyl (C=O) groups excluding carboxylic acids is 1. The lowest BCUT2D eigenvalue weighted by Crippen LogP contribution is -2.10. The highest BCUT2D eigenvalue weighted by Gasteiger charge is 2.04. The third-order valence-electron chi connectivity index (χ3n) is 1.83. The second kappa shape index (κ2) is 6.48. The van der Waals surface area contributed by atoms with Crippen molar-refractivity contribution in [3.8, 4) is 10.6 Å². The Morgan fingerprint density at radius 1 is 1.31 bits per heavy atom. The van der Waals surface area contributed by atoms with Gasteiger partial charge < -0.3 is 5.73 Å². The summed E-state index contributed by atoms with van der Waals surface area (Å²) in [7, 11) is 0. The summed E-state index contributed by atoms with van der Waals surface area (Å²) in [5.41, 5.74) is 6.62.